The molecule has 0 fully saturated rings. The summed E-state index contributed by atoms with van der Waals surface area (Å²) in [5, 5.41) is 13.4. The Hall–Kier alpha value is -1.13. The summed E-state index contributed by atoms with van der Waals surface area (Å²) in [6.07, 6.45) is 4.47. The molecule has 0 radical (unpaired) electrons. The highest BCUT2D eigenvalue weighted by molar-refractivity contribution is 7.07. The minimum absolute atomic E-state index is 0.0496. The van der Waals surface area contributed by atoms with Crippen LogP contribution in [0.5, 0.6) is 0 Å². The van der Waals surface area contributed by atoms with Crippen LogP contribution < -0.4 is 0 Å². The Labute approximate surface area is 93.0 Å². The maximum atomic E-state index is 9.12. The van der Waals surface area contributed by atoms with Crippen molar-refractivity contribution in [3.63, 3.8) is 0 Å². The summed E-state index contributed by atoms with van der Waals surface area (Å²) in [5.41, 5.74) is 2.21. The molecule has 3 nitrogen and oxygen atoms in total. The summed E-state index contributed by atoms with van der Waals surface area (Å²) < 4.78 is 2.03. The zero-order chi connectivity index (χ0) is 10.7. The maximum absolute atomic E-state index is 9.12. The van der Waals surface area contributed by atoms with Crippen LogP contribution in [0.4, 0.5) is 0 Å². The second kappa shape index (κ2) is 4.59. The van der Waals surface area contributed by atoms with Gasteiger partial charge in [-0.1, -0.05) is 0 Å². The van der Waals surface area contributed by atoms with Crippen LogP contribution in [0.2, 0.25) is 0 Å². The highest BCUT2D eigenvalue weighted by Gasteiger charge is 2.09. The Morgan fingerprint density at radius 2 is 2.47 bits per heavy atom. The van der Waals surface area contributed by atoms with Crippen molar-refractivity contribution in [2.24, 2.45) is 0 Å². The van der Waals surface area contributed by atoms with E-state index < -0.39 is 0 Å². The Morgan fingerprint density at radius 3 is 3.13 bits per heavy atom. The quantitative estimate of drug-likeness (QED) is 0.861. The Balaban J connectivity index is 2.11. The lowest BCUT2D eigenvalue weighted by atomic mass is 10.1. The van der Waals surface area contributed by atoms with Gasteiger partial charge in [0.1, 0.15) is 0 Å². The number of hydrogen-bond acceptors (Lipinski definition) is 3. The van der Waals surface area contributed by atoms with Crippen LogP contribution in [0.25, 0.3) is 0 Å². The van der Waals surface area contributed by atoms with Gasteiger partial charge in [-0.05, 0) is 35.7 Å². The Bertz CT molecular complexity index is 408. The van der Waals surface area contributed by atoms with Gasteiger partial charge in [-0.15, -0.1) is 0 Å². The summed E-state index contributed by atoms with van der Waals surface area (Å²) in [7, 11) is 0. The summed E-state index contributed by atoms with van der Waals surface area (Å²) in [5.74, 6) is 0. The molecule has 4 heteroatoms. The van der Waals surface area contributed by atoms with Crippen LogP contribution in [0.3, 0.4) is 0 Å². The van der Waals surface area contributed by atoms with Crippen LogP contribution in [-0.4, -0.2) is 14.7 Å². The SMILES string of the molecule is CC(Cc1ccsc1)n1cncc1CO. The number of nitrogens with zero attached hydrogens (tertiary/aromatic N) is 2. The van der Waals surface area contributed by atoms with E-state index >= 15 is 0 Å². The Kier molecular flexibility index (Phi) is 3.18. The maximum Gasteiger partial charge on any atom is 0.0951 e. The molecule has 2 rings (SSSR count). The molecule has 1 atom stereocenters. The largest absolute Gasteiger partial charge is 0.390 e. The highest BCUT2D eigenvalue weighted by atomic mass is 32.1. The first-order valence-electron chi connectivity index (χ1n) is 4.94. The van der Waals surface area contributed by atoms with Crippen LogP contribution in [0.1, 0.15) is 24.2 Å². The van der Waals surface area contributed by atoms with Gasteiger partial charge in [-0.2, -0.15) is 11.3 Å². The molecule has 0 saturated heterocycles. The van der Waals surface area contributed by atoms with Crippen LogP contribution in [0.15, 0.2) is 29.4 Å². The van der Waals surface area contributed by atoms with Gasteiger partial charge < -0.3 is 9.67 Å². The lowest BCUT2D eigenvalue weighted by molar-refractivity contribution is 0.267. The van der Waals surface area contributed by atoms with Crippen molar-refractivity contribution in [2.75, 3.05) is 0 Å². The van der Waals surface area contributed by atoms with Gasteiger partial charge in [0, 0.05) is 6.04 Å². The zero-order valence-electron chi connectivity index (χ0n) is 8.63. The van der Waals surface area contributed by atoms with Crippen LogP contribution in [0, 0.1) is 0 Å². The summed E-state index contributed by atoms with van der Waals surface area (Å²) in [6.45, 7) is 2.19. The van der Waals surface area contributed by atoms with Gasteiger partial charge in [-0.25, -0.2) is 4.98 Å². The second-order valence-corrected chi connectivity index (χ2v) is 4.42. The first-order valence-corrected chi connectivity index (χ1v) is 5.88. The van der Waals surface area contributed by atoms with Gasteiger partial charge in [0.2, 0.25) is 0 Å². The molecular weight excluding hydrogens is 208 g/mol. The molecule has 2 aromatic rings. The van der Waals surface area contributed by atoms with Gasteiger partial charge >= 0.3 is 0 Å². The molecule has 1 N–H and O–H groups in total. The van der Waals surface area contributed by atoms with Gasteiger partial charge in [0.05, 0.1) is 24.8 Å². The van der Waals surface area contributed by atoms with Crippen LogP contribution in [-0.2, 0) is 13.0 Å². The number of rotatable bonds is 4. The molecule has 0 aliphatic heterocycles. The lowest BCUT2D eigenvalue weighted by Gasteiger charge is -2.14. The van der Waals surface area contributed by atoms with Crippen molar-refractivity contribution < 1.29 is 5.11 Å². The molecule has 15 heavy (non-hydrogen) atoms. The molecule has 0 spiro atoms. The first-order chi connectivity index (χ1) is 7.31. The smallest absolute Gasteiger partial charge is 0.0951 e. The van der Waals surface area contributed by atoms with Crippen molar-refractivity contribution in [1.29, 1.82) is 0 Å². The predicted octanol–water partition coefficient (Wildman–Crippen LogP) is 2.24. The Morgan fingerprint density at radius 1 is 1.60 bits per heavy atom. The lowest BCUT2D eigenvalue weighted by Crippen LogP contribution is -2.10. The fourth-order valence-corrected chi connectivity index (χ4v) is 2.38. The van der Waals surface area contributed by atoms with E-state index in [1.54, 1.807) is 23.9 Å². The number of imidazole rings is 1. The number of aliphatic hydroxyl groups excluding tert-OH is 1. The third kappa shape index (κ3) is 2.27. The predicted molar refractivity (Wildman–Crippen MR) is 60.9 cm³/mol. The molecule has 0 amide bonds. The fraction of sp³-hybridized carbons (Fsp3) is 0.364. The number of thiophene rings is 1. The fourth-order valence-electron chi connectivity index (χ4n) is 1.70. The minimum Gasteiger partial charge on any atom is -0.390 e. The molecule has 2 heterocycles. The van der Waals surface area contributed by atoms with Gasteiger partial charge in [0.15, 0.2) is 0 Å². The molecule has 2 aromatic heterocycles. The molecule has 0 bridgehead atoms. The minimum atomic E-state index is 0.0496. The van der Waals surface area contributed by atoms with E-state index in [0.29, 0.717) is 6.04 Å². The second-order valence-electron chi connectivity index (χ2n) is 3.64. The van der Waals surface area contributed by atoms with E-state index in [-0.39, 0.29) is 6.61 Å². The topological polar surface area (TPSA) is 38.0 Å². The molecule has 0 aliphatic carbocycles. The average molecular weight is 222 g/mol. The highest BCUT2D eigenvalue weighted by Crippen LogP contribution is 2.17. The molecule has 1 unspecified atom stereocenters. The molecular formula is C11H14N2OS. The molecule has 0 saturated carbocycles. The third-order valence-electron chi connectivity index (χ3n) is 2.49. The van der Waals surface area contributed by atoms with Crippen molar-refractivity contribution in [3.8, 4) is 0 Å². The summed E-state index contributed by atoms with van der Waals surface area (Å²) in [4.78, 5) is 4.05. The van der Waals surface area contributed by atoms with Gasteiger partial charge in [0.25, 0.3) is 0 Å². The summed E-state index contributed by atoms with van der Waals surface area (Å²) in [6, 6.07) is 2.47. The number of aliphatic hydroxyl groups is 1. The first kappa shape index (κ1) is 10.4. The van der Waals surface area contributed by atoms with E-state index in [1.807, 2.05) is 4.57 Å². The van der Waals surface area contributed by atoms with Crippen molar-refractivity contribution in [3.05, 3.63) is 40.6 Å². The van der Waals surface area contributed by atoms with E-state index in [9.17, 15) is 0 Å². The van der Waals surface area contributed by atoms with Crippen molar-refractivity contribution >= 4 is 11.3 Å². The van der Waals surface area contributed by atoms with Crippen molar-refractivity contribution in [2.45, 2.75) is 26.0 Å². The van der Waals surface area contributed by atoms with E-state index in [1.165, 1.54) is 5.56 Å². The van der Waals surface area contributed by atoms with Gasteiger partial charge in [-0.3, -0.25) is 0 Å². The van der Waals surface area contributed by atoms with Crippen molar-refractivity contribution in [1.82, 2.24) is 9.55 Å². The zero-order valence-corrected chi connectivity index (χ0v) is 9.44. The third-order valence-corrected chi connectivity index (χ3v) is 3.23. The van der Waals surface area contributed by atoms with E-state index in [0.717, 1.165) is 12.1 Å². The normalized spacial score (nSPS) is 12.9. The van der Waals surface area contributed by atoms with E-state index in [4.69, 9.17) is 5.11 Å². The van der Waals surface area contributed by atoms with Crippen LogP contribution >= 0.6 is 11.3 Å². The number of hydrogen-bond donors (Lipinski definition) is 1. The number of aromatic nitrogens is 2. The summed E-state index contributed by atoms with van der Waals surface area (Å²) >= 11 is 1.71. The monoisotopic (exact) mass is 222 g/mol. The average Bonchev–Trinajstić information content (AvgIpc) is 2.86. The van der Waals surface area contributed by atoms with E-state index in [2.05, 4.69) is 28.7 Å². The standard InChI is InChI=1S/C11H14N2OS/c1-9(4-10-2-3-15-7-10)13-8-12-5-11(13)6-14/h2-3,5,7-9,14H,4,6H2,1H3. The molecule has 0 aliphatic rings. The molecule has 80 valence electrons. The molecule has 0 aromatic carbocycles.